The molecular formula is C22H26ClFN2O3. The Morgan fingerprint density at radius 1 is 1.17 bits per heavy atom. The molecule has 0 aliphatic rings. The van der Waals surface area contributed by atoms with Crippen LogP contribution in [0.1, 0.15) is 31.9 Å². The first-order valence-electron chi connectivity index (χ1n) is 9.38. The largest absolute Gasteiger partial charge is 0.497 e. The molecule has 0 aromatic heterocycles. The zero-order chi connectivity index (χ0) is 21.6. The number of carbonyl (C=O) groups excluding carboxylic acids is 2. The highest BCUT2D eigenvalue weighted by Crippen LogP contribution is 2.22. The van der Waals surface area contributed by atoms with Crippen molar-refractivity contribution in [2.75, 3.05) is 7.11 Å². The molecule has 29 heavy (non-hydrogen) atoms. The molecule has 0 heterocycles. The molecular weight excluding hydrogens is 395 g/mol. The first-order chi connectivity index (χ1) is 13.7. The summed E-state index contributed by atoms with van der Waals surface area (Å²) in [5.41, 5.74) is 0.910. The van der Waals surface area contributed by atoms with Crippen molar-refractivity contribution in [3.05, 3.63) is 64.4 Å². The van der Waals surface area contributed by atoms with E-state index in [1.54, 1.807) is 26.2 Å². The lowest BCUT2D eigenvalue weighted by Gasteiger charge is -2.29. The molecule has 0 saturated carbocycles. The molecule has 1 N–H and O–H groups in total. The Hall–Kier alpha value is -2.60. The highest BCUT2D eigenvalue weighted by Gasteiger charge is 2.27. The molecule has 0 radical (unpaired) electrons. The lowest BCUT2D eigenvalue weighted by atomic mass is 10.1. The molecule has 0 spiro atoms. The topological polar surface area (TPSA) is 58.6 Å². The quantitative estimate of drug-likeness (QED) is 0.702. The van der Waals surface area contributed by atoms with Crippen LogP contribution in [-0.2, 0) is 22.6 Å². The summed E-state index contributed by atoms with van der Waals surface area (Å²) < 4.78 is 19.4. The van der Waals surface area contributed by atoms with Gasteiger partial charge in [-0.3, -0.25) is 9.59 Å². The van der Waals surface area contributed by atoms with Gasteiger partial charge in [0.2, 0.25) is 11.8 Å². The van der Waals surface area contributed by atoms with Crippen molar-refractivity contribution in [3.8, 4) is 5.75 Å². The minimum absolute atomic E-state index is 0.0697. The van der Waals surface area contributed by atoms with Crippen molar-refractivity contribution >= 4 is 23.4 Å². The molecule has 2 aromatic rings. The van der Waals surface area contributed by atoms with Crippen molar-refractivity contribution in [2.24, 2.45) is 0 Å². The Balaban J connectivity index is 2.32. The number of halogens is 2. The van der Waals surface area contributed by atoms with E-state index in [1.165, 1.54) is 23.1 Å². The summed E-state index contributed by atoms with van der Waals surface area (Å²) in [6.45, 7) is 5.52. The molecule has 7 heteroatoms. The highest BCUT2D eigenvalue weighted by molar-refractivity contribution is 6.31. The molecule has 0 aliphatic heterocycles. The molecule has 1 atom stereocenters. The van der Waals surface area contributed by atoms with Gasteiger partial charge in [0.15, 0.2) is 0 Å². The molecule has 0 aliphatic carbocycles. The van der Waals surface area contributed by atoms with Gasteiger partial charge in [-0.25, -0.2) is 4.39 Å². The van der Waals surface area contributed by atoms with Gasteiger partial charge in [-0.1, -0.05) is 29.8 Å². The molecule has 2 rings (SSSR count). The fourth-order valence-electron chi connectivity index (χ4n) is 2.91. The van der Waals surface area contributed by atoms with Gasteiger partial charge in [0.05, 0.1) is 13.5 Å². The van der Waals surface area contributed by atoms with Gasteiger partial charge >= 0.3 is 0 Å². The number of amides is 2. The lowest BCUT2D eigenvalue weighted by molar-refractivity contribution is -0.140. The van der Waals surface area contributed by atoms with Crippen LogP contribution in [0, 0.1) is 5.82 Å². The number of nitrogens with one attached hydrogen (secondary N) is 1. The number of methoxy groups -OCH3 is 1. The molecule has 2 aromatic carbocycles. The maximum Gasteiger partial charge on any atom is 0.242 e. The zero-order valence-corrected chi connectivity index (χ0v) is 17.8. The molecule has 2 amide bonds. The lowest BCUT2D eigenvalue weighted by Crippen LogP contribution is -2.49. The molecule has 0 bridgehead atoms. The van der Waals surface area contributed by atoms with Crippen LogP contribution in [0.5, 0.6) is 5.75 Å². The molecule has 0 unspecified atom stereocenters. The monoisotopic (exact) mass is 420 g/mol. The molecule has 156 valence electrons. The Labute approximate surface area is 175 Å². The number of benzene rings is 2. The second-order valence-electron chi connectivity index (χ2n) is 7.09. The SMILES string of the molecule is COc1cccc(CN(C(=O)Cc2c(F)cccc2Cl)[C@@H](C)C(=O)NC(C)C)c1. The summed E-state index contributed by atoms with van der Waals surface area (Å²) in [5, 5.41) is 2.99. The van der Waals surface area contributed by atoms with Crippen molar-refractivity contribution in [2.45, 2.75) is 45.8 Å². The minimum atomic E-state index is -0.748. The first kappa shape index (κ1) is 22.7. The third kappa shape index (κ3) is 6.19. The van der Waals surface area contributed by atoms with Crippen LogP contribution in [0.3, 0.4) is 0 Å². The van der Waals surface area contributed by atoms with Gasteiger partial charge in [0.25, 0.3) is 0 Å². The van der Waals surface area contributed by atoms with E-state index in [-0.39, 0.29) is 35.5 Å². The van der Waals surface area contributed by atoms with E-state index < -0.39 is 17.8 Å². The van der Waals surface area contributed by atoms with Gasteiger partial charge in [0, 0.05) is 23.2 Å². The standard InChI is InChI=1S/C22H26ClFN2O3/c1-14(2)25-22(28)15(3)26(13-16-7-5-8-17(11-16)29-4)21(27)12-18-19(23)9-6-10-20(18)24/h5-11,14-15H,12-13H2,1-4H3,(H,25,28)/t15-/m0/s1. The van der Waals surface area contributed by atoms with Gasteiger partial charge in [-0.05, 0) is 50.6 Å². The third-order valence-electron chi connectivity index (χ3n) is 4.47. The second-order valence-corrected chi connectivity index (χ2v) is 7.50. The summed E-state index contributed by atoms with van der Waals surface area (Å²) >= 11 is 6.08. The molecule has 0 fully saturated rings. The Bertz CT molecular complexity index is 853. The van der Waals surface area contributed by atoms with Crippen LogP contribution in [0.25, 0.3) is 0 Å². The zero-order valence-electron chi connectivity index (χ0n) is 17.0. The average molecular weight is 421 g/mol. The van der Waals surface area contributed by atoms with E-state index in [1.807, 2.05) is 26.0 Å². The van der Waals surface area contributed by atoms with Crippen molar-refractivity contribution in [1.29, 1.82) is 0 Å². The minimum Gasteiger partial charge on any atom is -0.497 e. The van der Waals surface area contributed by atoms with Gasteiger partial charge < -0.3 is 15.0 Å². The summed E-state index contributed by atoms with van der Waals surface area (Å²) in [6, 6.07) is 10.7. The number of ether oxygens (including phenoxy) is 1. The number of hydrogen-bond donors (Lipinski definition) is 1. The number of nitrogens with zero attached hydrogens (tertiary/aromatic N) is 1. The highest BCUT2D eigenvalue weighted by atomic mass is 35.5. The van der Waals surface area contributed by atoms with Crippen molar-refractivity contribution in [1.82, 2.24) is 10.2 Å². The van der Waals surface area contributed by atoms with Gasteiger partial charge in [-0.15, -0.1) is 0 Å². The smallest absolute Gasteiger partial charge is 0.242 e. The fourth-order valence-corrected chi connectivity index (χ4v) is 3.14. The second kappa shape index (κ2) is 10.3. The number of carbonyl (C=O) groups is 2. The van der Waals surface area contributed by atoms with E-state index in [0.29, 0.717) is 5.75 Å². The summed E-state index contributed by atoms with van der Waals surface area (Å²) in [6.07, 6.45) is -0.241. The first-order valence-corrected chi connectivity index (χ1v) is 9.76. The van der Waals surface area contributed by atoms with Gasteiger partial charge in [0.1, 0.15) is 17.6 Å². The normalized spacial score (nSPS) is 11.8. The molecule has 5 nitrogen and oxygen atoms in total. The average Bonchev–Trinajstić information content (AvgIpc) is 2.68. The van der Waals surface area contributed by atoms with E-state index in [0.717, 1.165) is 5.56 Å². The van der Waals surface area contributed by atoms with Crippen LogP contribution in [0.15, 0.2) is 42.5 Å². The van der Waals surface area contributed by atoms with E-state index in [9.17, 15) is 14.0 Å². The van der Waals surface area contributed by atoms with Crippen LogP contribution in [-0.4, -0.2) is 35.9 Å². The maximum atomic E-state index is 14.2. The molecule has 0 saturated heterocycles. The van der Waals surface area contributed by atoms with Gasteiger partial charge in [-0.2, -0.15) is 0 Å². The fraction of sp³-hybridized carbons (Fsp3) is 0.364. The maximum absolute atomic E-state index is 14.2. The number of hydrogen-bond acceptors (Lipinski definition) is 3. The summed E-state index contributed by atoms with van der Waals surface area (Å²) in [5.74, 6) is -0.583. The predicted molar refractivity (Wildman–Crippen MR) is 111 cm³/mol. The van der Waals surface area contributed by atoms with Crippen molar-refractivity contribution < 1.29 is 18.7 Å². The van der Waals surface area contributed by atoms with Crippen molar-refractivity contribution in [3.63, 3.8) is 0 Å². The number of rotatable bonds is 8. The van der Waals surface area contributed by atoms with Crippen LogP contribution in [0.2, 0.25) is 5.02 Å². The van der Waals surface area contributed by atoms with E-state index in [2.05, 4.69) is 5.32 Å². The van der Waals surface area contributed by atoms with Crippen LogP contribution in [0.4, 0.5) is 4.39 Å². The third-order valence-corrected chi connectivity index (χ3v) is 4.83. The van der Waals surface area contributed by atoms with E-state index >= 15 is 0 Å². The Kier molecular flexibility index (Phi) is 8.02. The summed E-state index contributed by atoms with van der Waals surface area (Å²) in [4.78, 5) is 27.1. The van der Waals surface area contributed by atoms with Crippen LogP contribution >= 0.6 is 11.6 Å². The summed E-state index contributed by atoms with van der Waals surface area (Å²) in [7, 11) is 1.56. The predicted octanol–water partition coefficient (Wildman–Crippen LogP) is 3.97. The Morgan fingerprint density at radius 3 is 2.48 bits per heavy atom. The van der Waals surface area contributed by atoms with E-state index in [4.69, 9.17) is 16.3 Å². The van der Waals surface area contributed by atoms with Crippen LogP contribution < -0.4 is 10.1 Å². The Morgan fingerprint density at radius 2 is 1.86 bits per heavy atom.